The number of nitrogens with zero attached hydrogens (tertiary/aromatic N) is 3. The van der Waals surface area contributed by atoms with Crippen LogP contribution in [0.25, 0.3) is 33.3 Å². The van der Waals surface area contributed by atoms with Crippen LogP contribution in [0.15, 0.2) is 46.9 Å². The van der Waals surface area contributed by atoms with Crippen LogP contribution >= 0.6 is 0 Å². The molecule has 4 heteroatoms. The lowest BCUT2D eigenvalue weighted by atomic mass is 9.93. The third-order valence-electron chi connectivity index (χ3n) is 4.61. The van der Waals surface area contributed by atoms with Crippen LogP contribution in [0.5, 0.6) is 0 Å². The first-order chi connectivity index (χ1) is 12.6. The minimum absolute atomic E-state index is 0.152. The zero-order valence-electron chi connectivity index (χ0n) is 16.8. The lowest BCUT2D eigenvalue weighted by Crippen LogP contribution is -2.24. The summed E-state index contributed by atoms with van der Waals surface area (Å²) in [7, 11) is 0. The molecule has 0 atom stereocenters. The van der Waals surface area contributed by atoms with E-state index in [1.807, 2.05) is 24.3 Å². The average Bonchev–Trinajstić information content (AvgIpc) is 2.97. The van der Waals surface area contributed by atoms with Gasteiger partial charge in [-0.25, -0.2) is 15.0 Å². The maximum Gasteiger partial charge on any atom is 0.163 e. The smallest absolute Gasteiger partial charge is 0.163 e. The van der Waals surface area contributed by atoms with Gasteiger partial charge in [0.05, 0.1) is 0 Å². The molecule has 2 aromatic carbocycles. The van der Waals surface area contributed by atoms with Crippen LogP contribution in [-0.2, 0) is 10.8 Å². The first kappa shape index (κ1) is 17.7. The molecule has 0 amide bonds. The minimum Gasteiger partial charge on any atom is -0.456 e. The molecule has 27 heavy (non-hydrogen) atoms. The van der Waals surface area contributed by atoms with Crippen molar-refractivity contribution in [2.75, 3.05) is 0 Å². The molecule has 0 bridgehead atoms. The van der Waals surface area contributed by atoms with Gasteiger partial charge in [-0.3, -0.25) is 0 Å². The summed E-state index contributed by atoms with van der Waals surface area (Å²) in [5.74, 6) is 2.31. The molecule has 4 rings (SSSR count). The van der Waals surface area contributed by atoms with Crippen molar-refractivity contribution in [2.24, 2.45) is 0 Å². The van der Waals surface area contributed by atoms with Gasteiger partial charge in [0.2, 0.25) is 0 Å². The van der Waals surface area contributed by atoms with Crippen molar-refractivity contribution in [1.82, 2.24) is 15.0 Å². The second-order valence-electron chi connectivity index (χ2n) is 9.12. The van der Waals surface area contributed by atoms with Crippen molar-refractivity contribution in [3.05, 3.63) is 54.1 Å². The maximum atomic E-state index is 6.04. The van der Waals surface area contributed by atoms with Crippen LogP contribution in [-0.4, -0.2) is 15.0 Å². The largest absolute Gasteiger partial charge is 0.456 e. The Bertz CT molecular complexity index is 1110. The Hall–Kier alpha value is -2.75. The summed E-state index contributed by atoms with van der Waals surface area (Å²) >= 11 is 0. The van der Waals surface area contributed by atoms with Crippen molar-refractivity contribution in [2.45, 2.75) is 52.4 Å². The van der Waals surface area contributed by atoms with Gasteiger partial charge in [-0.2, -0.15) is 0 Å². The molecule has 0 saturated heterocycles. The molecule has 2 heterocycles. The first-order valence-corrected chi connectivity index (χ1v) is 9.32. The molecule has 4 aromatic rings. The van der Waals surface area contributed by atoms with Gasteiger partial charge in [0.1, 0.15) is 22.8 Å². The number of hydrogen-bond donors (Lipinski definition) is 0. The molecular weight excluding hydrogens is 334 g/mol. The maximum absolute atomic E-state index is 6.04. The number of furan rings is 1. The van der Waals surface area contributed by atoms with E-state index in [-0.39, 0.29) is 10.8 Å². The molecule has 0 fully saturated rings. The van der Waals surface area contributed by atoms with E-state index in [1.54, 1.807) is 0 Å². The van der Waals surface area contributed by atoms with Crippen LogP contribution in [0, 0.1) is 0 Å². The van der Waals surface area contributed by atoms with E-state index in [4.69, 9.17) is 19.4 Å². The van der Waals surface area contributed by atoms with E-state index in [2.05, 4.69) is 59.7 Å². The molecule has 138 valence electrons. The van der Waals surface area contributed by atoms with Crippen molar-refractivity contribution in [3.8, 4) is 11.4 Å². The fourth-order valence-corrected chi connectivity index (χ4v) is 3.04. The third kappa shape index (κ3) is 3.20. The van der Waals surface area contributed by atoms with Gasteiger partial charge in [-0.05, 0) is 18.2 Å². The van der Waals surface area contributed by atoms with Crippen molar-refractivity contribution < 1.29 is 4.42 Å². The molecule has 0 unspecified atom stereocenters. The summed E-state index contributed by atoms with van der Waals surface area (Å²) < 4.78 is 6.04. The van der Waals surface area contributed by atoms with Crippen molar-refractivity contribution in [3.63, 3.8) is 0 Å². The Morgan fingerprint density at radius 2 is 1.26 bits per heavy atom. The molecule has 0 aliphatic carbocycles. The fourth-order valence-electron chi connectivity index (χ4n) is 3.04. The molecule has 4 nitrogen and oxygen atoms in total. The molecule has 0 radical (unpaired) electrons. The lowest BCUT2D eigenvalue weighted by Gasteiger charge is -2.22. The molecule has 0 aliphatic heterocycles. The van der Waals surface area contributed by atoms with Gasteiger partial charge >= 0.3 is 0 Å². The summed E-state index contributed by atoms with van der Waals surface area (Å²) in [4.78, 5) is 14.3. The number of fused-ring (bicyclic) bond motifs is 3. The first-order valence-electron chi connectivity index (χ1n) is 9.32. The molecule has 0 saturated carbocycles. The topological polar surface area (TPSA) is 51.8 Å². The quantitative estimate of drug-likeness (QED) is 0.416. The molecule has 0 aliphatic rings. The average molecular weight is 359 g/mol. The highest BCUT2D eigenvalue weighted by molar-refractivity contribution is 6.05. The van der Waals surface area contributed by atoms with Crippen LogP contribution in [0.2, 0.25) is 0 Å². The van der Waals surface area contributed by atoms with E-state index < -0.39 is 0 Å². The minimum atomic E-state index is -0.152. The number of aromatic nitrogens is 3. The Balaban J connectivity index is 1.93. The Morgan fingerprint density at radius 3 is 1.89 bits per heavy atom. The van der Waals surface area contributed by atoms with Gasteiger partial charge < -0.3 is 4.42 Å². The summed E-state index contributed by atoms with van der Waals surface area (Å²) in [6.07, 6.45) is 0. The van der Waals surface area contributed by atoms with Crippen LogP contribution in [0.4, 0.5) is 0 Å². The predicted octanol–water partition coefficient (Wildman–Crippen LogP) is 6.03. The molecule has 0 spiro atoms. The highest BCUT2D eigenvalue weighted by atomic mass is 16.3. The highest BCUT2D eigenvalue weighted by Gasteiger charge is 2.25. The Morgan fingerprint density at radius 1 is 0.667 bits per heavy atom. The SMILES string of the molecule is CC(C)(C)c1nc(-c2ccc3c(c2)oc2ccccc23)nc(C(C)(C)C)n1. The summed E-state index contributed by atoms with van der Waals surface area (Å²) in [6.45, 7) is 12.8. The van der Waals surface area contributed by atoms with Crippen molar-refractivity contribution in [1.29, 1.82) is 0 Å². The number of hydrogen-bond acceptors (Lipinski definition) is 4. The molecule has 0 N–H and O–H groups in total. The van der Waals surface area contributed by atoms with Gasteiger partial charge in [0, 0.05) is 27.2 Å². The van der Waals surface area contributed by atoms with E-state index >= 15 is 0 Å². The highest BCUT2D eigenvalue weighted by Crippen LogP contribution is 2.32. The van der Waals surface area contributed by atoms with Crippen LogP contribution < -0.4 is 0 Å². The van der Waals surface area contributed by atoms with Crippen LogP contribution in [0.1, 0.15) is 53.2 Å². The van der Waals surface area contributed by atoms with Gasteiger partial charge in [0.25, 0.3) is 0 Å². The monoisotopic (exact) mass is 359 g/mol. The molecule has 2 aromatic heterocycles. The number of para-hydroxylation sites is 1. The Labute approximate surface area is 159 Å². The normalized spacial score (nSPS) is 12.8. The second kappa shape index (κ2) is 5.88. The van der Waals surface area contributed by atoms with Gasteiger partial charge in [0.15, 0.2) is 5.82 Å². The molecular formula is C23H25N3O. The van der Waals surface area contributed by atoms with Crippen LogP contribution in [0.3, 0.4) is 0 Å². The number of rotatable bonds is 1. The fraction of sp³-hybridized carbons (Fsp3) is 0.348. The predicted molar refractivity (Wildman–Crippen MR) is 110 cm³/mol. The van der Waals surface area contributed by atoms with Crippen molar-refractivity contribution >= 4 is 21.9 Å². The lowest BCUT2D eigenvalue weighted by molar-refractivity contribution is 0.497. The standard InChI is InChI=1S/C23H25N3O/c1-22(2,3)20-24-19(25-21(26-20)23(4,5)6)14-11-12-16-15-9-7-8-10-17(15)27-18(16)13-14/h7-13H,1-6H3. The van der Waals surface area contributed by atoms with E-state index in [1.165, 1.54) is 0 Å². The summed E-state index contributed by atoms with van der Waals surface area (Å²) in [6, 6.07) is 14.3. The number of benzene rings is 2. The zero-order chi connectivity index (χ0) is 19.4. The van der Waals surface area contributed by atoms with E-state index in [0.717, 1.165) is 39.2 Å². The van der Waals surface area contributed by atoms with E-state index in [0.29, 0.717) is 5.82 Å². The second-order valence-corrected chi connectivity index (χ2v) is 9.12. The Kier molecular flexibility index (Phi) is 3.84. The van der Waals surface area contributed by atoms with E-state index in [9.17, 15) is 0 Å². The third-order valence-corrected chi connectivity index (χ3v) is 4.61. The zero-order valence-corrected chi connectivity index (χ0v) is 16.8. The van der Waals surface area contributed by atoms with Gasteiger partial charge in [-0.15, -0.1) is 0 Å². The summed E-state index contributed by atoms with van der Waals surface area (Å²) in [5, 5.41) is 2.23. The summed E-state index contributed by atoms with van der Waals surface area (Å²) in [5.41, 5.74) is 2.39. The van der Waals surface area contributed by atoms with Gasteiger partial charge in [-0.1, -0.05) is 65.8 Å².